The van der Waals surface area contributed by atoms with Crippen LogP contribution >= 0.6 is 11.3 Å². The number of thiazole rings is 1. The van der Waals surface area contributed by atoms with Gasteiger partial charge in [-0.15, -0.1) is 0 Å². The van der Waals surface area contributed by atoms with Gasteiger partial charge in [-0.3, -0.25) is 14.7 Å². The summed E-state index contributed by atoms with van der Waals surface area (Å²) in [6.45, 7) is 8.47. The number of carbonyl (C=O) groups excluding carboxylic acids is 1. The van der Waals surface area contributed by atoms with E-state index in [0.29, 0.717) is 5.19 Å². The van der Waals surface area contributed by atoms with Gasteiger partial charge in [-0.25, -0.2) is 4.98 Å². The molecule has 3 heterocycles. The normalized spacial score (nSPS) is 14.9. The van der Waals surface area contributed by atoms with Gasteiger partial charge in [-0.2, -0.15) is 0 Å². The first-order chi connectivity index (χ1) is 13.8. The Morgan fingerprint density at radius 3 is 2.68 bits per heavy atom. The van der Waals surface area contributed by atoms with Gasteiger partial charge in [0.05, 0.1) is 10.2 Å². The molecule has 3 aromatic rings. The molecule has 148 valence electrons. The Balaban J connectivity index is 0.00000109. The predicted molar refractivity (Wildman–Crippen MR) is 113 cm³/mol. The molecule has 0 atom stereocenters. The maximum absolute atomic E-state index is 10.9. The van der Waals surface area contributed by atoms with Gasteiger partial charge in [-0.05, 0) is 30.2 Å². The molecule has 7 heteroatoms. The van der Waals surface area contributed by atoms with Gasteiger partial charge in [0.15, 0.2) is 0 Å². The van der Waals surface area contributed by atoms with E-state index in [0.717, 1.165) is 61.5 Å². The topological polar surface area (TPSA) is 58.6 Å². The van der Waals surface area contributed by atoms with Crippen molar-refractivity contribution in [2.75, 3.05) is 26.2 Å². The maximum atomic E-state index is 10.9. The number of amides is 1. The quantitative estimate of drug-likeness (QED) is 0.604. The summed E-state index contributed by atoms with van der Waals surface area (Å²) in [5.41, 5.74) is 2.15. The summed E-state index contributed by atoms with van der Waals surface area (Å²) in [4.78, 5) is 23.7. The number of rotatable bonds is 5. The van der Waals surface area contributed by atoms with Gasteiger partial charge in [0.1, 0.15) is 5.75 Å². The molecule has 1 aromatic carbocycles. The van der Waals surface area contributed by atoms with Crippen LogP contribution in [0.3, 0.4) is 0 Å². The summed E-state index contributed by atoms with van der Waals surface area (Å²) in [5.74, 6) is 0.781. The van der Waals surface area contributed by atoms with Gasteiger partial charge in [0, 0.05) is 45.1 Å². The maximum Gasteiger partial charge on any atom is 0.279 e. The third kappa shape index (κ3) is 5.27. The molecule has 1 amide bonds. The lowest BCUT2D eigenvalue weighted by Crippen LogP contribution is -2.29. The molecule has 1 aliphatic heterocycles. The van der Waals surface area contributed by atoms with Crippen molar-refractivity contribution in [3.63, 3.8) is 0 Å². The van der Waals surface area contributed by atoms with Crippen molar-refractivity contribution >= 4 is 28.0 Å². The fraction of sp³-hybridized carbons (Fsp3) is 0.381. The van der Waals surface area contributed by atoms with Crippen LogP contribution < -0.4 is 4.74 Å². The standard InChI is InChI=1S/C19H20N4O2S.C2H6/c24-14-23-9-1-8-22(10-11-23)13-15-2-4-16(5-3-15)25-19-21-17-6-7-20-12-18(17)26-19;1-2/h2-7,12,14H,1,8-11,13H2;1-2H3. The van der Waals surface area contributed by atoms with Gasteiger partial charge < -0.3 is 9.64 Å². The van der Waals surface area contributed by atoms with Crippen LogP contribution in [0.2, 0.25) is 0 Å². The molecule has 0 unspecified atom stereocenters. The molecule has 6 nitrogen and oxygen atoms in total. The van der Waals surface area contributed by atoms with Crippen LogP contribution in [0.5, 0.6) is 10.9 Å². The van der Waals surface area contributed by atoms with Crippen molar-refractivity contribution in [3.8, 4) is 10.9 Å². The van der Waals surface area contributed by atoms with Gasteiger partial charge in [0.25, 0.3) is 5.19 Å². The number of ether oxygens (including phenoxy) is 1. The average molecular weight is 399 g/mol. The number of pyridine rings is 1. The summed E-state index contributed by atoms with van der Waals surface area (Å²) < 4.78 is 6.90. The monoisotopic (exact) mass is 398 g/mol. The highest BCUT2D eigenvalue weighted by molar-refractivity contribution is 7.20. The smallest absolute Gasteiger partial charge is 0.279 e. The number of hydrogen-bond acceptors (Lipinski definition) is 6. The van der Waals surface area contributed by atoms with Crippen LogP contribution in [0, 0.1) is 0 Å². The van der Waals surface area contributed by atoms with Gasteiger partial charge >= 0.3 is 0 Å². The Bertz CT molecular complexity index is 849. The molecule has 2 aromatic heterocycles. The van der Waals surface area contributed by atoms with E-state index in [-0.39, 0.29) is 0 Å². The van der Waals surface area contributed by atoms with E-state index < -0.39 is 0 Å². The van der Waals surface area contributed by atoms with E-state index in [2.05, 4.69) is 27.0 Å². The van der Waals surface area contributed by atoms with E-state index >= 15 is 0 Å². The highest BCUT2D eigenvalue weighted by Crippen LogP contribution is 2.30. The zero-order valence-corrected chi connectivity index (χ0v) is 17.2. The number of hydrogen-bond donors (Lipinski definition) is 0. The van der Waals surface area contributed by atoms with Crippen molar-refractivity contribution in [1.29, 1.82) is 0 Å². The van der Waals surface area contributed by atoms with Crippen LogP contribution in [0.1, 0.15) is 25.8 Å². The van der Waals surface area contributed by atoms with Crippen LogP contribution in [0.4, 0.5) is 0 Å². The van der Waals surface area contributed by atoms with Gasteiger partial charge in [0.2, 0.25) is 6.41 Å². The largest absolute Gasteiger partial charge is 0.431 e. The van der Waals surface area contributed by atoms with Crippen LogP contribution in [-0.2, 0) is 11.3 Å². The van der Waals surface area contributed by atoms with Crippen molar-refractivity contribution in [2.24, 2.45) is 0 Å². The zero-order chi connectivity index (χ0) is 19.8. The lowest BCUT2D eigenvalue weighted by molar-refractivity contribution is -0.118. The summed E-state index contributed by atoms with van der Waals surface area (Å²) >= 11 is 1.49. The zero-order valence-electron chi connectivity index (χ0n) is 16.4. The molecule has 1 saturated heterocycles. The van der Waals surface area contributed by atoms with E-state index in [1.54, 1.807) is 12.4 Å². The molecule has 1 aliphatic rings. The first kappa shape index (κ1) is 20.2. The fourth-order valence-electron chi connectivity index (χ4n) is 3.08. The Hall–Kier alpha value is -2.51. The Morgan fingerprint density at radius 2 is 1.93 bits per heavy atom. The number of nitrogens with zero attached hydrogens (tertiary/aromatic N) is 4. The SMILES string of the molecule is CC.O=CN1CCCN(Cc2ccc(Oc3nc4ccncc4s3)cc2)CC1. The Morgan fingerprint density at radius 1 is 1.11 bits per heavy atom. The molecule has 0 radical (unpaired) electrons. The summed E-state index contributed by atoms with van der Waals surface area (Å²) in [5, 5.41) is 0.627. The lowest BCUT2D eigenvalue weighted by atomic mass is 10.2. The molecule has 0 bridgehead atoms. The number of benzene rings is 1. The third-order valence-electron chi connectivity index (χ3n) is 4.48. The van der Waals surface area contributed by atoms with E-state index in [9.17, 15) is 4.79 Å². The first-order valence-corrected chi connectivity index (χ1v) is 10.5. The van der Waals surface area contributed by atoms with E-state index in [4.69, 9.17) is 4.74 Å². The highest BCUT2D eigenvalue weighted by Gasteiger charge is 2.13. The Kier molecular flexibility index (Phi) is 7.33. The van der Waals surface area contributed by atoms with Crippen LogP contribution in [0.15, 0.2) is 42.7 Å². The van der Waals surface area contributed by atoms with Gasteiger partial charge in [-0.1, -0.05) is 37.3 Å². The van der Waals surface area contributed by atoms with Crippen molar-refractivity contribution in [3.05, 3.63) is 48.3 Å². The summed E-state index contributed by atoms with van der Waals surface area (Å²) in [7, 11) is 0. The third-order valence-corrected chi connectivity index (χ3v) is 5.36. The molecule has 0 saturated carbocycles. The second kappa shape index (κ2) is 10.1. The fourth-order valence-corrected chi connectivity index (χ4v) is 3.88. The number of carbonyl (C=O) groups is 1. The second-order valence-corrected chi connectivity index (χ2v) is 7.33. The van der Waals surface area contributed by atoms with Crippen molar-refractivity contribution in [1.82, 2.24) is 19.8 Å². The predicted octanol–water partition coefficient (Wildman–Crippen LogP) is 4.17. The second-order valence-electron chi connectivity index (χ2n) is 6.34. The molecule has 28 heavy (non-hydrogen) atoms. The average Bonchev–Trinajstić information content (AvgIpc) is 3.01. The summed E-state index contributed by atoms with van der Waals surface area (Å²) in [6.07, 6.45) is 5.51. The molecular weight excluding hydrogens is 372 g/mol. The minimum Gasteiger partial charge on any atom is -0.431 e. The Labute approximate surface area is 169 Å². The molecule has 4 rings (SSSR count). The summed E-state index contributed by atoms with van der Waals surface area (Å²) in [6, 6.07) is 10.0. The van der Waals surface area contributed by atoms with Crippen molar-refractivity contribution < 1.29 is 9.53 Å². The number of fused-ring (bicyclic) bond motifs is 1. The van der Waals surface area contributed by atoms with E-state index in [1.165, 1.54) is 16.9 Å². The van der Waals surface area contributed by atoms with Crippen LogP contribution in [0.25, 0.3) is 10.2 Å². The molecule has 0 N–H and O–H groups in total. The minimum atomic E-state index is 0.627. The molecule has 0 aliphatic carbocycles. The van der Waals surface area contributed by atoms with Crippen molar-refractivity contribution in [2.45, 2.75) is 26.8 Å². The highest BCUT2D eigenvalue weighted by atomic mass is 32.1. The first-order valence-electron chi connectivity index (χ1n) is 9.69. The molecule has 0 spiro atoms. The lowest BCUT2D eigenvalue weighted by Gasteiger charge is -2.20. The molecule has 1 fully saturated rings. The molecular formula is C21H26N4O2S. The minimum absolute atomic E-state index is 0.627. The van der Waals surface area contributed by atoms with Crippen LogP contribution in [-0.4, -0.2) is 52.4 Å². The van der Waals surface area contributed by atoms with E-state index in [1.807, 2.05) is 36.9 Å². The number of aromatic nitrogens is 2.